The zero-order valence-corrected chi connectivity index (χ0v) is 5.55. The van der Waals surface area contributed by atoms with Crippen molar-refractivity contribution in [1.82, 2.24) is 5.32 Å². The minimum absolute atomic E-state index is 0.00327. The second kappa shape index (κ2) is 5.56. The zero-order chi connectivity index (χ0) is 7.11. The molecule has 2 N–H and O–H groups in total. The molecule has 0 aromatic rings. The molecular formula is C6H12NO2. The largest absolute Gasteiger partial charge is 0.395 e. The van der Waals surface area contributed by atoms with E-state index in [1.165, 1.54) is 6.42 Å². The third-order valence-electron chi connectivity index (χ3n) is 0.801. The Balaban J connectivity index is 3.06. The Kier molecular flexibility index (Phi) is 5.21. The summed E-state index contributed by atoms with van der Waals surface area (Å²) in [5.41, 5.74) is 0. The van der Waals surface area contributed by atoms with Gasteiger partial charge in [0.15, 0.2) is 0 Å². The lowest BCUT2D eigenvalue weighted by atomic mass is 10.3. The molecule has 3 nitrogen and oxygen atoms in total. The summed E-state index contributed by atoms with van der Waals surface area (Å²) >= 11 is 0. The van der Waals surface area contributed by atoms with E-state index in [1.807, 2.05) is 6.92 Å². The van der Waals surface area contributed by atoms with Crippen molar-refractivity contribution in [1.29, 1.82) is 0 Å². The van der Waals surface area contributed by atoms with Crippen LogP contribution in [0.3, 0.4) is 0 Å². The lowest BCUT2D eigenvalue weighted by Gasteiger charge is -1.98. The van der Waals surface area contributed by atoms with Crippen LogP contribution in [0.15, 0.2) is 0 Å². The van der Waals surface area contributed by atoms with Gasteiger partial charge >= 0.3 is 0 Å². The Morgan fingerprint density at radius 1 is 1.78 bits per heavy atom. The Bertz CT molecular complexity index is 83.1. The van der Waals surface area contributed by atoms with Crippen LogP contribution in [0.1, 0.15) is 13.3 Å². The Morgan fingerprint density at radius 2 is 2.44 bits per heavy atom. The maximum Gasteiger partial charge on any atom is 0.223 e. The van der Waals surface area contributed by atoms with Gasteiger partial charge in [-0.3, -0.25) is 4.79 Å². The van der Waals surface area contributed by atoms with E-state index < -0.39 is 0 Å². The molecule has 3 heteroatoms. The summed E-state index contributed by atoms with van der Waals surface area (Å²) < 4.78 is 0. The Hall–Kier alpha value is -0.570. The number of amides is 1. The van der Waals surface area contributed by atoms with Crippen molar-refractivity contribution in [3.63, 3.8) is 0 Å². The standard InChI is InChI=1S/C6H12NO2/c1-2-3-6(9)7-4-5-8/h3,8H,2,4-5H2,1H3,(H,7,9). The Labute approximate surface area is 55.1 Å². The summed E-state index contributed by atoms with van der Waals surface area (Å²) in [6.07, 6.45) is 2.27. The SMILES string of the molecule is CC[CH]C(=O)NCCO. The third-order valence-corrected chi connectivity index (χ3v) is 0.801. The number of nitrogens with one attached hydrogen (secondary N) is 1. The van der Waals surface area contributed by atoms with Gasteiger partial charge < -0.3 is 10.4 Å². The van der Waals surface area contributed by atoms with Crippen LogP contribution in [0.5, 0.6) is 0 Å². The molecule has 1 amide bonds. The number of hydrogen-bond donors (Lipinski definition) is 2. The average Bonchev–Trinajstić information content (AvgIpc) is 1.85. The third kappa shape index (κ3) is 5.30. The van der Waals surface area contributed by atoms with Gasteiger partial charge in [0.05, 0.1) is 6.61 Å². The number of aliphatic hydroxyl groups excluding tert-OH is 1. The number of aliphatic hydroxyl groups is 1. The summed E-state index contributed by atoms with van der Waals surface area (Å²) in [5.74, 6) is -0.105. The van der Waals surface area contributed by atoms with E-state index in [0.717, 1.165) is 6.42 Å². The number of rotatable bonds is 4. The minimum atomic E-state index is -0.105. The monoisotopic (exact) mass is 130 g/mol. The van der Waals surface area contributed by atoms with Gasteiger partial charge in [-0.15, -0.1) is 0 Å². The second-order valence-corrected chi connectivity index (χ2v) is 1.63. The summed E-state index contributed by atoms with van der Waals surface area (Å²) in [6, 6.07) is 0. The molecule has 0 aromatic heterocycles. The molecule has 0 rings (SSSR count). The molecule has 53 valence electrons. The molecule has 0 saturated heterocycles. The van der Waals surface area contributed by atoms with Gasteiger partial charge in [0, 0.05) is 13.0 Å². The fourth-order valence-electron chi connectivity index (χ4n) is 0.437. The highest BCUT2D eigenvalue weighted by atomic mass is 16.3. The van der Waals surface area contributed by atoms with Crippen molar-refractivity contribution in [3.8, 4) is 0 Å². The topological polar surface area (TPSA) is 49.3 Å². The van der Waals surface area contributed by atoms with Gasteiger partial charge in [-0.05, 0) is 6.42 Å². The smallest absolute Gasteiger partial charge is 0.223 e. The van der Waals surface area contributed by atoms with Gasteiger partial charge in [0.1, 0.15) is 0 Å². The molecule has 1 radical (unpaired) electrons. The lowest BCUT2D eigenvalue weighted by molar-refractivity contribution is -0.118. The molecule has 0 bridgehead atoms. The van der Waals surface area contributed by atoms with E-state index in [0.29, 0.717) is 6.54 Å². The van der Waals surface area contributed by atoms with Crippen LogP contribution in [-0.4, -0.2) is 24.2 Å². The Morgan fingerprint density at radius 3 is 2.89 bits per heavy atom. The fraction of sp³-hybridized carbons (Fsp3) is 0.667. The predicted molar refractivity (Wildman–Crippen MR) is 34.7 cm³/mol. The quantitative estimate of drug-likeness (QED) is 0.549. The van der Waals surface area contributed by atoms with Crippen molar-refractivity contribution in [2.75, 3.05) is 13.2 Å². The maximum absolute atomic E-state index is 10.5. The first-order valence-corrected chi connectivity index (χ1v) is 3.03. The average molecular weight is 130 g/mol. The fourth-order valence-corrected chi connectivity index (χ4v) is 0.437. The summed E-state index contributed by atoms with van der Waals surface area (Å²) in [6.45, 7) is 2.23. The van der Waals surface area contributed by atoms with Crippen LogP contribution in [0.2, 0.25) is 0 Å². The molecule has 0 aromatic carbocycles. The van der Waals surface area contributed by atoms with Crippen LogP contribution in [0.4, 0.5) is 0 Å². The van der Waals surface area contributed by atoms with Crippen molar-refractivity contribution in [2.24, 2.45) is 0 Å². The van der Waals surface area contributed by atoms with E-state index in [9.17, 15) is 4.79 Å². The lowest BCUT2D eigenvalue weighted by Crippen LogP contribution is -2.26. The summed E-state index contributed by atoms with van der Waals surface area (Å²) in [4.78, 5) is 10.5. The van der Waals surface area contributed by atoms with Crippen molar-refractivity contribution < 1.29 is 9.90 Å². The summed E-state index contributed by atoms with van der Waals surface area (Å²) in [5, 5.41) is 10.7. The number of carbonyl (C=O) groups excluding carboxylic acids is 1. The maximum atomic E-state index is 10.5. The van der Waals surface area contributed by atoms with Gasteiger partial charge in [0.2, 0.25) is 5.91 Å². The van der Waals surface area contributed by atoms with E-state index in [-0.39, 0.29) is 12.5 Å². The molecule has 9 heavy (non-hydrogen) atoms. The molecule has 0 unspecified atom stereocenters. The zero-order valence-electron chi connectivity index (χ0n) is 5.55. The highest BCUT2D eigenvalue weighted by Crippen LogP contribution is 1.81. The van der Waals surface area contributed by atoms with E-state index in [4.69, 9.17) is 5.11 Å². The number of carbonyl (C=O) groups is 1. The highest BCUT2D eigenvalue weighted by molar-refractivity contribution is 5.84. The first kappa shape index (κ1) is 8.43. The van der Waals surface area contributed by atoms with Crippen LogP contribution >= 0.6 is 0 Å². The van der Waals surface area contributed by atoms with Gasteiger partial charge in [-0.2, -0.15) is 0 Å². The first-order valence-electron chi connectivity index (χ1n) is 3.03. The molecule has 0 aliphatic carbocycles. The molecule has 0 heterocycles. The molecular weight excluding hydrogens is 118 g/mol. The van der Waals surface area contributed by atoms with Crippen molar-refractivity contribution in [3.05, 3.63) is 6.42 Å². The van der Waals surface area contributed by atoms with E-state index >= 15 is 0 Å². The van der Waals surface area contributed by atoms with E-state index in [2.05, 4.69) is 5.32 Å². The van der Waals surface area contributed by atoms with Crippen molar-refractivity contribution >= 4 is 5.91 Å². The summed E-state index contributed by atoms with van der Waals surface area (Å²) in [7, 11) is 0. The van der Waals surface area contributed by atoms with Crippen LogP contribution in [0, 0.1) is 6.42 Å². The second-order valence-electron chi connectivity index (χ2n) is 1.63. The molecule has 0 aliphatic rings. The van der Waals surface area contributed by atoms with Crippen LogP contribution in [-0.2, 0) is 4.79 Å². The normalized spacial score (nSPS) is 9.11. The molecule has 0 atom stereocenters. The van der Waals surface area contributed by atoms with Crippen LogP contribution < -0.4 is 5.32 Å². The van der Waals surface area contributed by atoms with Gasteiger partial charge in [-0.1, -0.05) is 6.92 Å². The number of hydrogen-bond acceptors (Lipinski definition) is 2. The first-order chi connectivity index (χ1) is 4.31. The van der Waals surface area contributed by atoms with Gasteiger partial charge in [-0.25, -0.2) is 0 Å². The predicted octanol–water partition coefficient (Wildman–Crippen LogP) is -0.291. The minimum Gasteiger partial charge on any atom is -0.395 e. The van der Waals surface area contributed by atoms with E-state index in [1.54, 1.807) is 0 Å². The highest BCUT2D eigenvalue weighted by Gasteiger charge is 1.95. The molecule has 0 fully saturated rings. The van der Waals surface area contributed by atoms with Crippen LogP contribution in [0.25, 0.3) is 0 Å². The molecule has 0 spiro atoms. The van der Waals surface area contributed by atoms with Crippen molar-refractivity contribution in [2.45, 2.75) is 13.3 Å². The molecule has 0 saturated carbocycles. The molecule has 0 aliphatic heterocycles. The van der Waals surface area contributed by atoms with Gasteiger partial charge in [0.25, 0.3) is 0 Å².